The summed E-state index contributed by atoms with van der Waals surface area (Å²) in [6.07, 6.45) is 1.13. The predicted octanol–water partition coefficient (Wildman–Crippen LogP) is 1.61. The number of nitrogens with zero attached hydrogens (tertiary/aromatic N) is 3. The molecule has 1 saturated heterocycles. The van der Waals surface area contributed by atoms with Crippen LogP contribution in [0.25, 0.3) is 0 Å². The van der Waals surface area contributed by atoms with Gasteiger partial charge in [0.2, 0.25) is 0 Å². The third-order valence-electron chi connectivity index (χ3n) is 3.09. The molecule has 1 unspecified atom stereocenters. The van der Waals surface area contributed by atoms with Gasteiger partial charge in [-0.05, 0) is 0 Å². The lowest BCUT2D eigenvalue weighted by atomic mass is 10.2. The van der Waals surface area contributed by atoms with E-state index in [-0.39, 0.29) is 17.2 Å². The molecule has 1 aliphatic heterocycles. The van der Waals surface area contributed by atoms with Crippen LogP contribution in [0.4, 0.5) is 11.5 Å². The monoisotopic (exact) mass is 296 g/mol. The van der Waals surface area contributed by atoms with Crippen molar-refractivity contribution >= 4 is 29.2 Å². The summed E-state index contributed by atoms with van der Waals surface area (Å²) in [4.78, 5) is 28.5. The Morgan fingerprint density at radius 1 is 1.65 bits per heavy atom. The third-order valence-corrected chi connectivity index (χ3v) is 4.23. The SMILES string of the molecule is CNc1cc(C(=O)N2CCSC(C)C2)c([N+](=O)[O-])cn1. The average molecular weight is 296 g/mol. The van der Waals surface area contributed by atoms with Crippen LogP contribution in [0.2, 0.25) is 0 Å². The van der Waals surface area contributed by atoms with E-state index in [1.54, 1.807) is 23.7 Å². The number of nitro groups is 1. The highest BCUT2D eigenvalue weighted by Crippen LogP contribution is 2.25. The van der Waals surface area contributed by atoms with E-state index in [4.69, 9.17) is 0 Å². The molecule has 108 valence electrons. The van der Waals surface area contributed by atoms with Gasteiger partial charge in [0.15, 0.2) is 0 Å². The maximum atomic E-state index is 12.5. The van der Waals surface area contributed by atoms with Gasteiger partial charge in [0, 0.05) is 37.2 Å². The van der Waals surface area contributed by atoms with Gasteiger partial charge in [0.1, 0.15) is 17.6 Å². The van der Waals surface area contributed by atoms with Crippen LogP contribution in [-0.4, -0.2) is 51.9 Å². The first-order chi connectivity index (χ1) is 9.52. The second-order valence-corrected chi connectivity index (χ2v) is 6.07. The fraction of sp³-hybridized carbons (Fsp3) is 0.500. The van der Waals surface area contributed by atoms with Gasteiger partial charge < -0.3 is 10.2 Å². The largest absolute Gasteiger partial charge is 0.373 e. The van der Waals surface area contributed by atoms with Crippen LogP contribution in [0.3, 0.4) is 0 Å². The summed E-state index contributed by atoms with van der Waals surface area (Å²) < 4.78 is 0. The molecule has 0 radical (unpaired) electrons. The lowest BCUT2D eigenvalue weighted by molar-refractivity contribution is -0.385. The highest BCUT2D eigenvalue weighted by Gasteiger charge is 2.28. The van der Waals surface area contributed by atoms with Gasteiger partial charge in [-0.25, -0.2) is 4.98 Å². The molecule has 0 spiro atoms. The number of carbonyl (C=O) groups is 1. The normalized spacial score (nSPS) is 18.7. The van der Waals surface area contributed by atoms with E-state index in [0.717, 1.165) is 11.9 Å². The first-order valence-corrected chi connectivity index (χ1v) is 7.31. The number of amides is 1. The number of rotatable bonds is 3. The molecule has 1 N–H and O–H groups in total. The molecule has 1 aromatic heterocycles. The van der Waals surface area contributed by atoms with Crippen molar-refractivity contribution in [3.8, 4) is 0 Å². The summed E-state index contributed by atoms with van der Waals surface area (Å²) in [5, 5.41) is 14.2. The Balaban J connectivity index is 2.34. The van der Waals surface area contributed by atoms with Gasteiger partial charge in [0.25, 0.3) is 11.6 Å². The van der Waals surface area contributed by atoms with Crippen LogP contribution in [0.15, 0.2) is 12.3 Å². The first kappa shape index (κ1) is 14.6. The number of thioether (sulfide) groups is 1. The summed E-state index contributed by atoms with van der Waals surface area (Å²) in [6.45, 7) is 3.27. The quantitative estimate of drug-likeness (QED) is 0.673. The molecule has 1 fully saturated rings. The van der Waals surface area contributed by atoms with Gasteiger partial charge in [-0.15, -0.1) is 0 Å². The fourth-order valence-corrected chi connectivity index (χ4v) is 3.09. The standard InChI is InChI=1S/C12H16N4O3S/c1-8-7-15(3-4-20-8)12(17)9-5-11(13-2)14-6-10(9)16(18)19/h5-6,8H,3-4,7H2,1-2H3,(H,13,14). The molecule has 0 bridgehead atoms. The minimum absolute atomic E-state index is 0.0912. The third kappa shape index (κ3) is 3.01. The van der Waals surface area contributed by atoms with Crippen LogP contribution >= 0.6 is 11.8 Å². The zero-order chi connectivity index (χ0) is 14.7. The van der Waals surface area contributed by atoms with Crippen LogP contribution in [0, 0.1) is 10.1 Å². The molecule has 2 heterocycles. The molecule has 1 aliphatic rings. The Bertz CT molecular complexity index is 537. The highest BCUT2D eigenvalue weighted by atomic mass is 32.2. The number of carbonyl (C=O) groups excluding carboxylic acids is 1. The number of pyridine rings is 1. The molecule has 8 heteroatoms. The van der Waals surface area contributed by atoms with Crippen LogP contribution in [0.5, 0.6) is 0 Å². The molecular formula is C12H16N4O3S. The molecule has 2 rings (SSSR count). The Morgan fingerprint density at radius 2 is 2.40 bits per heavy atom. The maximum Gasteiger partial charge on any atom is 0.300 e. The molecule has 1 atom stereocenters. The smallest absolute Gasteiger partial charge is 0.300 e. The van der Waals surface area contributed by atoms with Crippen molar-refractivity contribution in [2.24, 2.45) is 0 Å². The molecule has 7 nitrogen and oxygen atoms in total. The molecule has 1 amide bonds. The summed E-state index contributed by atoms with van der Waals surface area (Å²) in [5.41, 5.74) is -0.159. The average Bonchev–Trinajstić information content (AvgIpc) is 2.45. The van der Waals surface area contributed by atoms with Crippen LogP contribution in [0.1, 0.15) is 17.3 Å². The van der Waals surface area contributed by atoms with Gasteiger partial charge >= 0.3 is 0 Å². The van der Waals surface area contributed by atoms with E-state index in [9.17, 15) is 14.9 Å². The Hall–Kier alpha value is -1.83. The number of hydrogen-bond acceptors (Lipinski definition) is 6. The molecule has 1 aromatic rings. The van der Waals surface area contributed by atoms with Crippen LogP contribution < -0.4 is 5.32 Å². The Kier molecular flexibility index (Phi) is 4.43. The molecular weight excluding hydrogens is 280 g/mol. The Labute approximate surface area is 120 Å². The van der Waals surface area contributed by atoms with Gasteiger partial charge in [-0.2, -0.15) is 11.8 Å². The fourth-order valence-electron chi connectivity index (χ4n) is 2.07. The number of anilines is 1. The highest BCUT2D eigenvalue weighted by molar-refractivity contribution is 7.99. The lowest BCUT2D eigenvalue weighted by Gasteiger charge is -2.30. The summed E-state index contributed by atoms with van der Waals surface area (Å²) in [5.74, 6) is 0.992. The molecule has 0 aromatic carbocycles. The van der Waals surface area contributed by atoms with Gasteiger partial charge in [0.05, 0.1) is 4.92 Å². The van der Waals surface area contributed by atoms with Crippen molar-refractivity contribution in [2.75, 3.05) is 31.2 Å². The van der Waals surface area contributed by atoms with E-state index < -0.39 is 4.92 Å². The van der Waals surface area contributed by atoms with Crippen molar-refractivity contribution in [1.82, 2.24) is 9.88 Å². The summed E-state index contributed by atoms with van der Waals surface area (Å²) in [7, 11) is 1.65. The minimum atomic E-state index is -0.568. The van der Waals surface area contributed by atoms with Crippen molar-refractivity contribution in [3.63, 3.8) is 0 Å². The number of hydrogen-bond donors (Lipinski definition) is 1. The van der Waals surface area contributed by atoms with E-state index in [0.29, 0.717) is 24.2 Å². The lowest BCUT2D eigenvalue weighted by Crippen LogP contribution is -2.41. The summed E-state index contributed by atoms with van der Waals surface area (Å²) >= 11 is 1.80. The first-order valence-electron chi connectivity index (χ1n) is 6.26. The maximum absolute atomic E-state index is 12.5. The van der Waals surface area contributed by atoms with E-state index in [1.807, 2.05) is 6.92 Å². The number of nitrogens with one attached hydrogen (secondary N) is 1. The molecule has 20 heavy (non-hydrogen) atoms. The van der Waals surface area contributed by atoms with Gasteiger partial charge in [-0.1, -0.05) is 6.92 Å². The second kappa shape index (κ2) is 6.08. The van der Waals surface area contributed by atoms with Crippen molar-refractivity contribution in [1.29, 1.82) is 0 Å². The van der Waals surface area contributed by atoms with E-state index in [1.165, 1.54) is 6.07 Å². The Morgan fingerprint density at radius 3 is 3.00 bits per heavy atom. The number of aromatic nitrogens is 1. The molecule has 0 aliphatic carbocycles. The minimum Gasteiger partial charge on any atom is -0.373 e. The van der Waals surface area contributed by atoms with Crippen LogP contribution in [-0.2, 0) is 0 Å². The summed E-state index contributed by atoms with van der Waals surface area (Å²) in [6, 6.07) is 1.44. The van der Waals surface area contributed by atoms with Crippen molar-refractivity contribution in [2.45, 2.75) is 12.2 Å². The van der Waals surface area contributed by atoms with Crippen molar-refractivity contribution in [3.05, 3.63) is 27.9 Å². The zero-order valence-electron chi connectivity index (χ0n) is 11.3. The zero-order valence-corrected chi connectivity index (χ0v) is 12.1. The van der Waals surface area contributed by atoms with E-state index >= 15 is 0 Å². The molecule has 0 saturated carbocycles. The second-order valence-electron chi connectivity index (χ2n) is 4.53. The van der Waals surface area contributed by atoms with Gasteiger partial charge in [-0.3, -0.25) is 14.9 Å². The van der Waals surface area contributed by atoms with Crippen molar-refractivity contribution < 1.29 is 9.72 Å². The topological polar surface area (TPSA) is 88.4 Å². The van der Waals surface area contributed by atoms with E-state index in [2.05, 4.69) is 10.3 Å². The predicted molar refractivity (Wildman–Crippen MR) is 78.3 cm³/mol.